The normalized spacial score (nSPS) is 19.2. The smallest absolute Gasteiger partial charge is 0.293 e. The van der Waals surface area contributed by atoms with E-state index < -0.39 is 23.5 Å². The van der Waals surface area contributed by atoms with Crippen LogP contribution in [0.2, 0.25) is 0 Å². The van der Waals surface area contributed by atoms with E-state index in [-0.39, 0.29) is 11.3 Å². The van der Waals surface area contributed by atoms with Gasteiger partial charge in [0, 0.05) is 5.56 Å². The number of methoxy groups -OCH3 is 1. The molecule has 0 radical (unpaired) electrons. The second kappa shape index (κ2) is 6.16. The van der Waals surface area contributed by atoms with Gasteiger partial charge in [0.15, 0.2) is 0 Å². The van der Waals surface area contributed by atoms with Gasteiger partial charge in [-0.3, -0.25) is 9.59 Å². The van der Waals surface area contributed by atoms with Gasteiger partial charge in [-0.15, -0.1) is 0 Å². The summed E-state index contributed by atoms with van der Waals surface area (Å²) in [6.45, 7) is 0. The predicted molar refractivity (Wildman–Crippen MR) is 84.8 cm³/mol. The summed E-state index contributed by atoms with van der Waals surface area (Å²) in [5, 5.41) is 13.0. The number of hydrogen-bond donors (Lipinski definition) is 2. The molecule has 1 atom stereocenters. The summed E-state index contributed by atoms with van der Waals surface area (Å²) in [5.74, 6) is -1.75. The summed E-state index contributed by atoms with van der Waals surface area (Å²) in [5.41, 5.74) is 0.824. The molecule has 2 N–H and O–H groups in total. The van der Waals surface area contributed by atoms with Crippen LogP contribution >= 0.6 is 0 Å². The Balaban J connectivity index is 2.07. The summed E-state index contributed by atoms with van der Waals surface area (Å²) >= 11 is 0. The topological polar surface area (TPSA) is 75.6 Å². The molecule has 1 aliphatic heterocycles. The monoisotopic (exact) mass is 327 g/mol. The number of nitrogens with one attached hydrogen (secondary N) is 1. The number of rotatable bonds is 3. The lowest BCUT2D eigenvalue weighted by atomic mass is 9.96. The average molecular weight is 327 g/mol. The van der Waals surface area contributed by atoms with Crippen LogP contribution in [0.4, 0.5) is 4.39 Å². The van der Waals surface area contributed by atoms with Crippen molar-refractivity contribution in [2.24, 2.45) is 0 Å². The van der Waals surface area contributed by atoms with Crippen molar-refractivity contribution in [1.29, 1.82) is 0 Å². The third-order valence-corrected chi connectivity index (χ3v) is 3.84. The maximum atomic E-state index is 13.1. The fourth-order valence-electron chi connectivity index (χ4n) is 2.58. The van der Waals surface area contributed by atoms with Crippen LogP contribution in [0.15, 0.2) is 54.1 Å². The number of ether oxygens (including phenoxy) is 1. The van der Waals surface area contributed by atoms with Gasteiger partial charge >= 0.3 is 0 Å². The number of aliphatic hydroxyl groups excluding tert-OH is 1. The zero-order valence-electron chi connectivity index (χ0n) is 12.7. The van der Waals surface area contributed by atoms with Crippen molar-refractivity contribution in [3.63, 3.8) is 0 Å². The molecule has 1 fully saturated rings. The number of ketones is 1. The Kier molecular flexibility index (Phi) is 4.04. The van der Waals surface area contributed by atoms with E-state index in [0.29, 0.717) is 16.9 Å². The third kappa shape index (κ3) is 2.74. The molecule has 3 rings (SSSR count). The molecule has 0 aliphatic carbocycles. The van der Waals surface area contributed by atoms with E-state index in [1.807, 2.05) is 0 Å². The van der Waals surface area contributed by atoms with Crippen LogP contribution in [-0.4, -0.2) is 23.9 Å². The lowest BCUT2D eigenvalue weighted by molar-refractivity contribution is -0.133. The highest BCUT2D eigenvalue weighted by molar-refractivity contribution is 6.46. The van der Waals surface area contributed by atoms with E-state index in [4.69, 9.17) is 4.74 Å². The lowest BCUT2D eigenvalue weighted by Crippen LogP contribution is -2.21. The van der Waals surface area contributed by atoms with Crippen LogP contribution in [0.3, 0.4) is 0 Å². The van der Waals surface area contributed by atoms with Gasteiger partial charge in [-0.2, -0.15) is 0 Å². The lowest BCUT2D eigenvalue weighted by Gasteiger charge is -2.13. The summed E-state index contributed by atoms with van der Waals surface area (Å²) in [4.78, 5) is 23.9. The first-order valence-corrected chi connectivity index (χ1v) is 7.19. The highest BCUT2D eigenvalue weighted by Gasteiger charge is 2.39. The first-order valence-electron chi connectivity index (χ1n) is 7.19. The fourth-order valence-corrected chi connectivity index (χ4v) is 2.58. The van der Waals surface area contributed by atoms with Gasteiger partial charge in [-0.05, 0) is 42.0 Å². The highest BCUT2D eigenvalue weighted by atomic mass is 19.1. The predicted octanol–water partition coefficient (Wildman–Crippen LogP) is 2.54. The molecule has 5 nitrogen and oxygen atoms in total. The Morgan fingerprint density at radius 3 is 2.29 bits per heavy atom. The summed E-state index contributed by atoms with van der Waals surface area (Å²) in [6.07, 6.45) is 0. The van der Waals surface area contributed by atoms with Crippen molar-refractivity contribution < 1.29 is 23.8 Å². The molecule has 0 unspecified atom stereocenters. The Bertz CT molecular complexity index is 825. The van der Waals surface area contributed by atoms with Crippen LogP contribution in [0, 0.1) is 5.82 Å². The summed E-state index contributed by atoms with van der Waals surface area (Å²) < 4.78 is 18.1. The van der Waals surface area contributed by atoms with Crippen molar-refractivity contribution >= 4 is 17.4 Å². The number of hydrogen-bond acceptors (Lipinski definition) is 4. The zero-order valence-corrected chi connectivity index (χ0v) is 12.7. The second-order valence-electron chi connectivity index (χ2n) is 5.28. The van der Waals surface area contributed by atoms with Crippen molar-refractivity contribution in [1.82, 2.24) is 5.32 Å². The maximum Gasteiger partial charge on any atom is 0.293 e. The van der Waals surface area contributed by atoms with Crippen molar-refractivity contribution in [3.8, 4) is 5.75 Å². The first kappa shape index (κ1) is 15.7. The van der Waals surface area contributed by atoms with E-state index in [9.17, 15) is 19.1 Å². The number of carbonyl (C=O) groups excluding carboxylic acids is 2. The van der Waals surface area contributed by atoms with E-state index in [0.717, 1.165) is 0 Å². The molecule has 0 aromatic heterocycles. The van der Waals surface area contributed by atoms with Crippen molar-refractivity contribution in [3.05, 3.63) is 71.0 Å². The first-order chi connectivity index (χ1) is 11.5. The number of Topliss-reactive ketones (excluding diaryl/α,β-unsaturated/α-hetero) is 1. The van der Waals surface area contributed by atoms with Gasteiger partial charge in [0.25, 0.3) is 11.7 Å². The van der Waals surface area contributed by atoms with Crippen LogP contribution in [0.25, 0.3) is 5.76 Å². The molecule has 1 aliphatic rings. The molecule has 0 bridgehead atoms. The largest absolute Gasteiger partial charge is 0.507 e. The van der Waals surface area contributed by atoms with Crippen LogP contribution in [0.5, 0.6) is 5.75 Å². The second-order valence-corrected chi connectivity index (χ2v) is 5.28. The molecule has 2 aromatic rings. The number of halogens is 1. The van der Waals surface area contributed by atoms with Gasteiger partial charge in [0.1, 0.15) is 17.3 Å². The quantitative estimate of drug-likeness (QED) is 0.516. The Labute approximate surface area is 137 Å². The van der Waals surface area contributed by atoms with Gasteiger partial charge in [-0.25, -0.2) is 4.39 Å². The molecule has 24 heavy (non-hydrogen) atoms. The third-order valence-electron chi connectivity index (χ3n) is 3.84. The van der Waals surface area contributed by atoms with Gasteiger partial charge in [0.2, 0.25) is 0 Å². The fraction of sp³-hybridized carbons (Fsp3) is 0.111. The molecule has 1 amide bonds. The molecular weight excluding hydrogens is 313 g/mol. The molecular formula is C18H14FNO4. The summed E-state index contributed by atoms with van der Waals surface area (Å²) in [7, 11) is 1.51. The molecule has 1 saturated heterocycles. The molecule has 1 heterocycles. The van der Waals surface area contributed by atoms with Crippen LogP contribution in [0.1, 0.15) is 17.2 Å². The Hall–Kier alpha value is -3.15. The van der Waals surface area contributed by atoms with E-state index in [2.05, 4.69) is 5.32 Å². The zero-order chi connectivity index (χ0) is 17.3. The van der Waals surface area contributed by atoms with Gasteiger partial charge in [0.05, 0.1) is 18.7 Å². The number of aliphatic hydroxyl groups is 1. The number of carbonyl (C=O) groups is 2. The van der Waals surface area contributed by atoms with Gasteiger partial charge < -0.3 is 15.2 Å². The van der Waals surface area contributed by atoms with E-state index in [1.54, 1.807) is 24.3 Å². The SMILES string of the molecule is COc1ccc(C(O)=C2C(=O)C(=O)N[C@@H]2c2ccc(F)cc2)cc1. The van der Waals surface area contributed by atoms with E-state index in [1.165, 1.54) is 31.4 Å². The average Bonchev–Trinajstić information content (AvgIpc) is 2.90. The van der Waals surface area contributed by atoms with E-state index >= 15 is 0 Å². The molecule has 0 spiro atoms. The number of amides is 1. The summed E-state index contributed by atoms with van der Waals surface area (Å²) in [6, 6.07) is 11.0. The maximum absolute atomic E-state index is 13.1. The standard InChI is InChI=1S/C18H14FNO4/c1-24-13-8-4-11(5-9-13)16(21)14-15(20-18(23)17(14)22)10-2-6-12(19)7-3-10/h2-9,15,21H,1H3,(H,20,23)/t15-/m1/s1. The van der Waals surface area contributed by atoms with Gasteiger partial charge in [-0.1, -0.05) is 12.1 Å². The molecule has 0 saturated carbocycles. The molecule has 6 heteroatoms. The Morgan fingerprint density at radius 2 is 1.71 bits per heavy atom. The minimum absolute atomic E-state index is 0.0585. The van der Waals surface area contributed by atoms with Crippen molar-refractivity contribution in [2.75, 3.05) is 7.11 Å². The highest BCUT2D eigenvalue weighted by Crippen LogP contribution is 2.33. The minimum Gasteiger partial charge on any atom is -0.507 e. The van der Waals surface area contributed by atoms with Crippen LogP contribution in [-0.2, 0) is 9.59 Å². The molecule has 2 aromatic carbocycles. The Morgan fingerprint density at radius 1 is 1.08 bits per heavy atom. The van der Waals surface area contributed by atoms with Crippen LogP contribution < -0.4 is 10.1 Å². The number of benzene rings is 2. The molecule has 122 valence electrons. The minimum atomic E-state index is -0.826. The van der Waals surface area contributed by atoms with Crippen molar-refractivity contribution in [2.45, 2.75) is 6.04 Å².